The Labute approximate surface area is 170 Å². The Bertz CT molecular complexity index is 632. The zero-order chi connectivity index (χ0) is 19.8. The number of rotatable bonds is 8. The molecule has 0 rings (SSSR count). The second-order valence-corrected chi connectivity index (χ2v) is 6.50. The quantitative estimate of drug-likeness (QED) is 0.363. The maximum Gasteiger partial charge on any atom is 0.310 e. The third-order valence-electron chi connectivity index (χ3n) is 3.31. The number of unbranched alkanes of at least 4 members (excludes halogenated alkanes) is 1. The van der Waals surface area contributed by atoms with Gasteiger partial charge in [0.05, 0.1) is 13.0 Å². The molecule has 2 unspecified atom stereocenters. The molecule has 0 aliphatic carbocycles. The number of allylic oxidation sites excluding steroid dienone is 2. The van der Waals surface area contributed by atoms with Gasteiger partial charge < -0.3 is 10.1 Å². The number of carbonyl (C=O) groups excluding carboxylic acids is 2. The first kappa shape index (κ1) is 24.4. The van der Waals surface area contributed by atoms with Crippen LogP contribution in [-0.4, -0.2) is 25.0 Å². The van der Waals surface area contributed by atoms with Crippen LogP contribution in [-0.2, 0) is 14.3 Å². The highest BCUT2D eigenvalue weighted by Gasteiger charge is 2.29. The van der Waals surface area contributed by atoms with Gasteiger partial charge in [-0.3, -0.25) is 9.59 Å². The molecule has 0 saturated heterocycles. The molecule has 0 bridgehead atoms. The Morgan fingerprint density at radius 3 is 2.42 bits per heavy atom. The fourth-order valence-electron chi connectivity index (χ4n) is 2.25. The van der Waals surface area contributed by atoms with Crippen molar-refractivity contribution in [3.8, 4) is 23.7 Å². The first-order valence-electron chi connectivity index (χ1n) is 8.00. The first-order chi connectivity index (χ1) is 12.4. The van der Waals surface area contributed by atoms with Gasteiger partial charge in [0.2, 0.25) is 5.91 Å². The van der Waals surface area contributed by atoms with Crippen LogP contribution in [0.25, 0.3) is 0 Å². The molecule has 0 aromatic heterocycles. The molecule has 1 amide bonds. The number of esters is 1. The van der Waals surface area contributed by atoms with Crippen LogP contribution in [0.2, 0.25) is 0 Å². The summed E-state index contributed by atoms with van der Waals surface area (Å²) in [6, 6.07) is -0.348. The number of amides is 1. The van der Waals surface area contributed by atoms with Crippen molar-refractivity contribution >= 4 is 46.7 Å². The normalized spacial score (nSPS) is 12.0. The molecule has 0 fully saturated rings. The lowest BCUT2D eigenvalue weighted by Crippen LogP contribution is -2.43. The lowest BCUT2D eigenvalue weighted by molar-refractivity contribution is -0.147. The number of methoxy groups -OCH3 is 1. The molecule has 0 aromatic rings. The van der Waals surface area contributed by atoms with E-state index >= 15 is 0 Å². The van der Waals surface area contributed by atoms with Gasteiger partial charge in [-0.15, -0.1) is 0 Å². The third-order valence-corrected chi connectivity index (χ3v) is 3.65. The summed E-state index contributed by atoms with van der Waals surface area (Å²) in [4.78, 5) is 23.7. The molecule has 0 heterocycles. The average molecular weight is 419 g/mol. The summed E-state index contributed by atoms with van der Waals surface area (Å²) in [5.74, 6) is 10.2. The number of nitrogens with one attached hydrogen (secondary N) is 1. The van der Waals surface area contributed by atoms with E-state index in [2.05, 4.69) is 29.0 Å². The number of hydrogen-bond acceptors (Lipinski definition) is 3. The van der Waals surface area contributed by atoms with Gasteiger partial charge in [0.15, 0.2) is 0 Å². The second kappa shape index (κ2) is 15.6. The van der Waals surface area contributed by atoms with E-state index in [4.69, 9.17) is 39.5 Å². The number of hydrogen-bond donors (Lipinski definition) is 1. The lowest BCUT2D eigenvalue weighted by Gasteiger charge is -2.25. The minimum Gasteiger partial charge on any atom is -0.469 e. The van der Waals surface area contributed by atoms with E-state index in [9.17, 15) is 9.59 Å². The average Bonchev–Trinajstić information content (AvgIpc) is 2.59. The highest BCUT2D eigenvalue weighted by atomic mass is 35.5. The van der Waals surface area contributed by atoms with Crippen LogP contribution in [0.1, 0.15) is 39.0 Å². The Balaban J connectivity index is 4.95. The standard InChI is InChI=1S/C19H22Cl3NO3/c1-15(24)23-17(12-8-4-3-5-10-14-20)16(19(25)26-2)11-7-6-9-13-18(21)22/h10,13-14,16-17H,4,7-8,11-12H2,1-2H3,(H,23,24). The minimum absolute atomic E-state index is 0.0725. The molecule has 0 saturated carbocycles. The monoisotopic (exact) mass is 417 g/mol. The van der Waals surface area contributed by atoms with Crippen LogP contribution in [0, 0.1) is 29.6 Å². The molecule has 2 atom stereocenters. The fourth-order valence-corrected chi connectivity index (χ4v) is 2.42. The molecule has 4 nitrogen and oxygen atoms in total. The van der Waals surface area contributed by atoms with Gasteiger partial charge in [-0.1, -0.05) is 58.5 Å². The number of carbonyl (C=O) groups is 2. The summed E-state index contributed by atoms with van der Waals surface area (Å²) in [6.07, 6.45) is 5.74. The molecule has 7 heteroatoms. The highest BCUT2D eigenvalue weighted by molar-refractivity contribution is 6.56. The van der Waals surface area contributed by atoms with Crippen molar-refractivity contribution in [1.82, 2.24) is 5.32 Å². The van der Waals surface area contributed by atoms with Crippen LogP contribution < -0.4 is 5.32 Å². The van der Waals surface area contributed by atoms with E-state index in [0.29, 0.717) is 25.7 Å². The van der Waals surface area contributed by atoms with E-state index in [0.717, 1.165) is 6.42 Å². The van der Waals surface area contributed by atoms with Crippen molar-refractivity contribution in [3.63, 3.8) is 0 Å². The molecule has 0 radical (unpaired) electrons. The predicted molar refractivity (Wildman–Crippen MR) is 107 cm³/mol. The lowest BCUT2D eigenvalue weighted by atomic mass is 9.90. The molecule has 1 N–H and O–H groups in total. The predicted octanol–water partition coefficient (Wildman–Crippen LogP) is 4.31. The molecule has 142 valence electrons. The Hall–Kier alpha value is -1.59. The molecule has 0 aliphatic rings. The van der Waals surface area contributed by atoms with Gasteiger partial charge in [-0.25, -0.2) is 0 Å². The van der Waals surface area contributed by atoms with Crippen molar-refractivity contribution in [3.05, 3.63) is 22.2 Å². The second-order valence-electron chi connectivity index (χ2n) is 5.24. The van der Waals surface area contributed by atoms with Crippen molar-refractivity contribution < 1.29 is 14.3 Å². The number of halogens is 3. The SMILES string of the molecule is COC(=O)C(CCC#CC=C(Cl)Cl)C(CCCC#CC=CCl)NC(C)=O. The van der Waals surface area contributed by atoms with Crippen molar-refractivity contribution in [2.24, 2.45) is 5.92 Å². The highest BCUT2D eigenvalue weighted by Crippen LogP contribution is 2.18. The number of ether oxygens (including phenoxy) is 1. The smallest absolute Gasteiger partial charge is 0.310 e. The topological polar surface area (TPSA) is 55.4 Å². The van der Waals surface area contributed by atoms with Gasteiger partial charge in [-0.2, -0.15) is 0 Å². The summed E-state index contributed by atoms with van der Waals surface area (Å²) in [5, 5.41) is 2.83. The Kier molecular flexibility index (Phi) is 14.7. The van der Waals surface area contributed by atoms with Gasteiger partial charge in [0, 0.05) is 37.4 Å². The van der Waals surface area contributed by atoms with E-state index in [1.54, 1.807) is 6.08 Å². The molecular formula is C19H22Cl3NO3. The van der Waals surface area contributed by atoms with Crippen LogP contribution in [0.3, 0.4) is 0 Å². The Morgan fingerprint density at radius 2 is 1.85 bits per heavy atom. The molecule has 0 aromatic carbocycles. The van der Waals surface area contributed by atoms with Crippen molar-refractivity contribution in [2.75, 3.05) is 7.11 Å². The van der Waals surface area contributed by atoms with Crippen molar-refractivity contribution in [2.45, 2.75) is 45.1 Å². The van der Waals surface area contributed by atoms with Crippen LogP contribution in [0.15, 0.2) is 22.2 Å². The maximum absolute atomic E-state index is 12.2. The summed E-state index contributed by atoms with van der Waals surface area (Å²) < 4.78 is 4.96. The summed E-state index contributed by atoms with van der Waals surface area (Å²) in [5.41, 5.74) is 1.34. The van der Waals surface area contributed by atoms with E-state index in [-0.39, 0.29) is 22.4 Å². The fraction of sp³-hybridized carbons (Fsp3) is 0.474. The van der Waals surface area contributed by atoms with Crippen LogP contribution in [0.4, 0.5) is 0 Å². The van der Waals surface area contributed by atoms with Crippen molar-refractivity contribution in [1.29, 1.82) is 0 Å². The summed E-state index contributed by atoms with van der Waals surface area (Å²) in [6.45, 7) is 1.42. The van der Waals surface area contributed by atoms with E-state index in [1.165, 1.54) is 25.6 Å². The largest absolute Gasteiger partial charge is 0.469 e. The van der Waals surface area contributed by atoms with E-state index in [1.807, 2.05) is 0 Å². The molecule has 0 spiro atoms. The van der Waals surface area contributed by atoms with Crippen LogP contribution >= 0.6 is 34.8 Å². The van der Waals surface area contributed by atoms with Gasteiger partial charge in [-0.05, 0) is 25.3 Å². The van der Waals surface area contributed by atoms with Gasteiger partial charge in [0.1, 0.15) is 4.49 Å². The molecular weight excluding hydrogens is 397 g/mol. The van der Waals surface area contributed by atoms with Gasteiger partial charge in [0.25, 0.3) is 0 Å². The minimum atomic E-state index is -0.496. The summed E-state index contributed by atoms with van der Waals surface area (Å²) >= 11 is 16.4. The Morgan fingerprint density at radius 1 is 1.15 bits per heavy atom. The molecule has 0 aliphatic heterocycles. The first-order valence-corrected chi connectivity index (χ1v) is 9.19. The third kappa shape index (κ3) is 12.7. The van der Waals surface area contributed by atoms with E-state index < -0.39 is 5.92 Å². The molecule has 26 heavy (non-hydrogen) atoms. The van der Waals surface area contributed by atoms with Crippen LogP contribution in [0.5, 0.6) is 0 Å². The zero-order valence-corrected chi connectivity index (χ0v) is 17.0. The van der Waals surface area contributed by atoms with Gasteiger partial charge >= 0.3 is 5.97 Å². The zero-order valence-electron chi connectivity index (χ0n) is 14.8. The maximum atomic E-state index is 12.2. The summed E-state index contributed by atoms with van der Waals surface area (Å²) in [7, 11) is 1.33.